The van der Waals surface area contributed by atoms with E-state index in [-0.39, 0.29) is 0 Å². The molecule has 2 rings (SSSR count). The van der Waals surface area contributed by atoms with Crippen LogP contribution in [0.1, 0.15) is 26.2 Å². The van der Waals surface area contributed by atoms with E-state index in [0.717, 1.165) is 22.9 Å². The van der Waals surface area contributed by atoms with Gasteiger partial charge in [0.1, 0.15) is 0 Å². The molecule has 1 atom stereocenters. The summed E-state index contributed by atoms with van der Waals surface area (Å²) in [4.78, 5) is 2.39. The van der Waals surface area contributed by atoms with Gasteiger partial charge in [0.2, 0.25) is 0 Å². The van der Waals surface area contributed by atoms with Gasteiger partial charge < -0.3 is 10.6 Å². The Morgan fingerprint density at radius 2 is 2.33 bits per heavy atom. The molecule has 1 unspecified atom stereocenters. The molecule has 1 aromatic rings. The largest absolute Gasteiger partial charge is 0.397 e. The van der Waals surface area contributed by atoms with Crippen LogP contribution in [0.15, 0.2) is 18.2 Å². The van der Waals surface area contributed by atoms with Crippen LogP contribution in [0.25, 0.3) is 0 Å². The summed E-state index contributed by atoms with van der Waals surface area (Å²) in [6.45, 7) is 3.33. The lowest BCUT2D eigenvalue weighted by Gasteiger charge is -2.27. The summed E-state index contributed by atoms with van der Waals surface area (Å²) in [5.41, 5.74) is 7.92. The Kier molecular flexibility index (Phi) is 3.06. The fourth-order valence-electron chi connectivity index (χ4n) is 2.34. The molecule has 15 heavy (non-hydrogen) atoms. The summed E-state index contributed by atoms with van der Waals surface area (Å²) in [6.07, 6.45) is 3.69. The highest BCUT2D eigenvalue weighted by Crippen LogP contribution is 2.33. The van der Waals surface area contributed by atoms with Gasteiger partial charge in [-0.25, -0.2) is 0 Å². The van der Waals surface area contributed by atoms with E-state index in [1.54, 1.807) is 0 Å². The molecular weight excluding hydrogens is 208 g/mol. The second-order valence-electron chi connectivity index (χ2n) is 4.10. The van der Waals surface area contributed by atoms with Crippen LogP contribution in [0.5, 0.6) is 0 Å². The van der Waals surface area contributed by atoms with Crippen molar-refractivity contribution >= 4 is 23.0 Å². The van der Waals surface area contributed by atoms with Gasteiger partial charge in [-0.15, -0.1) is 0 Å². The van der Waals surface area contributed by atoms with Crippen LogP contribution >= 0.6 is 11.6 Å². The predicted octanol–water partition coefficient (Wildman–Crippen LogP) is 3.30. The van der Waals surface area contributed by atoms with Crippen molar-refractivity contribution in [2.24, 2.45) is 0 Å². The molecule has 1 aromatic carbocycles. The molecule has 1 fully saturated rings. The Balaban J connectivity index is 2.31. The number of benzene rings is 1. The number of nitrogens with two attached hydrogens (primary N) is 1. The number of hydrogen-bond acceptors (Lipinski definition) is 2. The third-order valence-corrected chi connectivity index (χ3v) is 3.39. The highest BCUT2D eigenvalue weighted by Gasteiger charge is 2.24. The maximum Gasteiger partial charge on any atom is 0.0617 e. The van der Waals surface area contributed by atoms with Gasteiger partial charge in [0.05, 0.1) is 11.4 Å². The van der Waals surface area contributed by atoms with Crippen molar-refractivity contribution in [2.45, 2.75) is 32.2 Å². The van der Waals surface area contributed by atoms with Crippen molar-refractivity contribution in [1.29, 1.82) is 0 Å². The molecule has 0 saturated carbocycles. The summed E-state index contributed by atoms with van der Waals surface area (Å²) < 4.78 is 0. The lowest BCUT2D eigenvalue weighted by atomic mass is 10.1. The standard InChI is InChI=1S/C12H17ClN2/c1-2-10-4-3-7-15(10)12-8-9(13)5-6-11(12)14/h5-6,8,10H,2-4,7,14H2,1H3. The van der Waals surface area contributed by atoms with E-state index in [4.69, 9.17) is 17.3 Å². The minimum atomic E-state index is 0.630. The van der Waals surface area contributed by atoms with Crippen LogP contribution in [0, 0.1) is 0 Å². The minimum Gasteiger partial charge on any atom is -0.397 e. The summed E-state index contributed by atoms with van der Waals surface area (Å²) in [6, 6.07) is 6.34. The lowest BCUT2D eigenvalue weighted by molar-refractivity contribution is 0.646. The van der Waals surface area contributed by atoms with Crippen molar-refractivity contribution in [3.05, 3.63) is 23.2 Å². The topological polar surface area (TPSA) is 29.3 Å². The first-order valence-electron chi connectivity index (χ1n) is 5.54. The fourth-order valence-corrected chi connectivity index (χ4v) is 2.51. The number of nitrogen functional groups attached to an aromatic ring is 1. The molecule has 1 aliphatic heterocycles. The van der Waals surface area contributed by atoms with E-state index < -0.39 is 0 Å². The predicted molar refractivity (Wildman–Crippen MR) is 66.5 cm³/mol. The zero-order valence-electron chi connectivity index (χ0n) is 9.04. The van der Waals surface area contributed by atoms with Gasteiger partial charge in [0.15, 0.2) is 0 Å². The van der Waals surface area contributed by atoms with Crippen LogP contribution in [0.2, 0.25) is 5.02 Å². The van der Waals surface area contributed by atoms with E-state index in [0.29, 0.717) is 6.04 Å². The van der Waals surface area contributed by atoms with Crippen molar-refractivity contribution in [2.75, 3.05) is 17.2 Å². The van der Waals surface area contributed by atoms with Gasteiger partial charge in [-0.2, -0.15) is 0 Å². The van der Waals surface area contributed by atoms with Gasteiger partial charge in [-0.05, 0) is 37.5 Å². The van der Waals surface area contributed by atoms with Crippen molar-refractivity contribution in [1.82, 2.24) is 0 Å². The third-order valence-electron chi connectivity index (χ3n) is 3.15. The molecule has 1 aliphatic rings. The molecule has 0 bridgehead atoms. The molecule has 0 amide bonds. The van der Waals surface area contributed by atoms with Gasteiger partial charge >= 0.3 is 0 Å². The summed E-state index contributed by atoms with van der Waals surface area (Å²) in [5.74, 6) is 0. The summed E-state index contributed by atoms with van der Waals surface area (Å²) in [5, 5.41) is 0.765. The third kappa shape index (κ3) is 2.05. The van der Waals surface area contributed by atoms with Gasteiger partial charge in [-0.3, -0.25) is 0 Å². The zero-order valence-corrected chi connectivity index (χ0v) is 9.80. The second kappa shape index (κ2) is 4.31. The SMILES string of the molecule is CCC1CCCN1c1cc(Cl)ccc1N. The number of rotatable bonds is 2. The monoisotopic (exact) mass is 224 g/mol. The Morgan fingerprint density at radius 3 is 3.07 bits per heavy atom. The Labute approximate surface area is 96.0 Å². The summed E-state index contributed by atoms with van der Waals surface area (Å²) in [7, 11) is 0. The fraction of sp³-hybridized carbons (Fsp3) is 0.500. The molecule has 82 valence electrons. The quantitative estimate of drug-likeness (QED) is 0.782. The number of halogens is 1. The van der Waals surface area contributed by atoms with Crippen LogP contribution in [-0.2, 0) is 0 Å². The molecule has 0 radical (unpaired) electrons. The highest BCUT2D eigenvalue weighted by molar-refractivity contribution is 6.31. The first-order valence-corrected chi connectivity index (χ1v) is 5.92. The number of nitrogens with zero attached hydrogens (tertiary/aromatic N) is 1. The average molecular weight is 225 g/mol. The van der Waals surface area contributed by atoms with Gasteiger partial charge in [0.25, 0.3) is 0 Å². The Morgan fingerprint density at radius 1 is 1.53 bits per heavy atom. The average Bonchev–Trinajstić information content (AvgIpc) is 2.69. The molecular formula is C12H17ClN2. The van der Waals surface area contributed by atoms with E-state index in [1.807, 2.05) is 18.2 Å². The first kappa shape index (κ1) is 10.6. The Bertz CT molecular complexity index is 351. The Hall–Kier alpha value is -0.890. The normalized spacial score (nSPS) is 20.9. The molecule has 0 spiro atoms. The van der Waals surface area contributed by atoms with E-state index in [9.17, 15) is 0 Å². The van der Waals surface area contributed by atoms with Crippen LogP contribution < -0.4 is 10.6 Å². The van der Waals surface area contributed by atoms with Crippen LogP contribution in [0.3, 0.4) is 0 Å². The van der Waals surface area contributed by atoms with E-state index in [2.05, 4.69) is 11.8 Å². The summed E-state index contributed by atoms with van der Waals surface area (Å²) >= 11 is 6.00. The molecule has 1 saturated heterocycles. The molecule has 3 heteroatoms. The van der Waals surface area contributed by atoms with Gasteiger partial charge in [0, 0.05) is 17.6 Å². The molecule has 2 nitrogen and oxygen atoms in total. The van der Waals surface area contributed by atoms with Crippen LogP contribution in [0.4, 0.5) is 11.4 Å². The number of hydrogen-bond donors (Lipinski definition) is 1. The van der Waals surface area contributed by atoms with Crippen molar-refractivity contribution in [3.8, 4) is 0 Å². The highest BCUT2D eigenvalue weighted by atomic mass is 35.5. The van der Waals surface area contributed by atoms with E-state index >= 15 is 0 Å². The van der Waals surface area contributed by atoms with E-state index in [1.165, 1.54) is 19.3 Å². The van der Waals surface area contributed by atoms with Crippen molar-refractivity contribution in [3.63, 3.8) is 0 Å². The molecule has 0 aliphatic carbocycles. The lowest BCUT2D eigenvalue weighted by Crippen LogP contribution is -2.29. The smallest absolute Gasteiger partial charge is 0.0617 e. The number of anilines is 2. The first-order chi connectivity index (χ1) is 7.22. The van der Waals surface area contributed by atoms with Crippen LogP contribution in [-0.4, -0.2) is 12.6 Å². The maximum atomic E-state index is 6.00. The zero-order chi connectivity index (χ0) is 10.8. The maximum absolute atomic E-state index is 6.00. The van der Waals surface area contributed by atoms with Crippen molar-refractivity contribution < 1.29 is 0 Å². The van der Waals surface area contributed by atoms with Gasteiger partial charge in [-0.1, -0.05) is 18.5 Å². The second-order valence-corrected chi connectivity index (χ2v) is 4.54. The molecule has 0 aromatic heterocycles. The molecule has 1 heterocycles. The molecule has 2 N–H and O–H groups in total. The minimum absolute atomic E-state index is 0.630.